The Morgan fingerprint density at radius 1 is 1.13 bits per heavy atom. The molecular weight excluding hydrogens is 514 g/mol. The van der Waals surface area contributed by atoms with Gasteiger partial charge in [-0.05, 0) is 52.9 Å². The molecule has 2 aromatic rings. The fraction of sp³-hybridized carbons (Fsp3) is 0.300. The lowest BCUT2D eigenvalue weighted by molar-refractivity contribution is -0.123. The van der Waals surface area contributed by atoms with E-state index in [9.17, 15) is 22.8 Å². The predicted molar refractivity (Wildman–Crippen MR) is 113 cm³/mol. The maximum atomic E-state index is 14.5. The van der Waals surface area contributed by atoms with Gasteiger partial charge in [-0.3, -0.25) is 9.59 Å². The van der Waals surface area contributed by atoms with Crippen LogP contribution in [-0.2, 0) is 4.79 Å². The van der Waals surface area contributed by atoms with Crippen molar-refractivity contribution in [1.29, 1.82) is 0 Å². The van der Waals surface area contributed by atoms with Crippen LogP contribution in [-0.4, -0.2) is 48.1 Å². The van der Waals surface area contributed by atoms with E-state index in [1.165, 1.54) is 17.0 Å². The highest BCUT2D eigenvalue weighted by Gasteiger charge is 2.34. The van der Waals surface area contributed by atoms with Gasteiger partial charge in [0, 0.05) is 35.5 Å². The molecule has 0 bridgehead atoms. The summed E-state index contributed by atoms with van der Waals surface area (Å²) < 4.78 is 43.1. The summed E-state index contributed by atoms with van der Waals surface area (Å²) in [6.07, 6.45) is 0.195. The number of nitrogens with one attached hydrogen (secondary N) is 2. The van der Waals surface area contributed by atoms with Gasteiger partial charge in [0.25, 0.3) is 5.91 Å². The summed E-state index contributed by atoms with van der Waals surface area (Å²) >= 11 is 1.92. The number of hydrogen-bond donors (Lipinski definition) is 3. The summed E-state index contributed by atoms with van der Waals surface area (Å²) in [7, 11) is 0. The number of likely N-dealkylation sites (tertiary alicyclic amines) is 1. The van der Waals surface area contributed by atoms with Crippen molar-refractivity contribution >= 4 is 45.8 Å². The molecule has 1 fully saturated rings. The van der Waals surface area contributed by atoms with Crippen LogP contribution in [0.25, 0.3) is 0 Å². The Kier molecular flexibility index (Phi) is 7.19. The summed E-state index contributed by atoms with van der Waals surface area (Å²) in [5.41, 5.74) is -0.657. The van der Waals surface area contributed by atoms with Gasteiger partial charge in [-0.1, -0.05) is 0 Å². The van der Waals surface area contributed by atoms with Crippen molar-refractivity contribution in [3.63, 3.8) is 0 Å². The lowest BCUT2D eigenvalue weighted by Gasteiger charge is -2.39. The van der Waals surface area contributed by atoms with Crippen LogP contribution in [0.15, 0.2) is 30.3 Å². The Morgan fingerprint density at radius 2 is 1.87 bits per heavy atom. The first kappa shape index (κ1) is 22.3. The molecule has 0 spiro atoms. The summed E-state index contributed by atoms with van der Waals surface area (Å²) in [6, 6.07) is 6.18. The molecule has 1 heterocycles. The molecule has 1 aliphatic heterocycles. The number of amides is 2. The molecule has 30 heavy (non-hydrogen) atoms. The van der Waals surface area contributed by atoms with Gasteiger partial charge < -0.3 is 20.6 Å². The molecule has 6 nitrogen and oxygen atoms in total. The van der Waals surface area contributed by atoms with Crippen molar-refractivity contribution in [2.75, 3.05) is 31.6 Å². The van der Waals surface area contributed by atoms with Gasteiger partial charge >= 0.3 is 0 Å². The second kappa shape index (κ2) is 9.65. The average molecular weight is 533 g/mol. The van der Waals surface area contributed by atoms with Crippen molar-refractivity contribution in [2.24, 2.45) is 5.92 Å². The number of hydrogen-bond acceptors (Lipinski definition) is 4. The normalized spacial score (nSPS) is 13.7. The molecular formula is C20H19F3IN3O3. The second-order valence-corrected chi connectivity index (χ2v) is 8.13. The van der Waals surface area contributed by atoms with Crippen LogP contribution >= 0.6 is 22.6 Å². The number of carbonyl (C=O) groups excluding carboxylic acids is 2. The molecule has 0 unspecified atom stereocenters. The van der Waals surface area contributed by atoms with Crippen LogP contribution in [0.4, 0.5) is 24.5 Å². The summed E-state index contributed by atoms with van der Waals surface area (Å²) in [4.78, 5) is 25.9. The van der Waals surface area contributed by atoms with Crippen LogP contribution in [0, 0.1) is 26.9 Å². The molecule has 2 aromatic carbocycles. The molecule has 2 amide bonds. The van der Waals surface area contributed by atoms with E-state index in [4.69, 9.17) is 5.11 Å². The number of anilines is 2. The van der Waals surface area contributed by atoms with E-state index in [2.05, 4.69) is 10.6 Å². The second-order valence-electron chi connectivity index (χ2n) is 6.89. The van der Waals surface area contributed by atoms with Crippen LogP contribution in [0.1, 0.15) is 16.8 Å². The largest absolute Gasteiger partial charge is 0.395 e. The lowest BCUT2D eigenvalue weighted by atomic mass is 9.94. The number of carbonyl (C=O) groups is 2. The van der Waals surface area contributed by atoms with Gasteiger partial charge in [0.1, 0.15) is 5.82 Å². The van der Waals surface area contributed by atoms with E-state index in [1.54, 1.807) is 6.07 Å². The van der Waals surface area contributed by atoms with Gasteiger partial charge in [0.05, 0.1) is 23.5 Å². The third-order valence-corrected chi connectivity index (χ3v) is 5.34. The number of benzene rings is 2. The minimum absolute atomic E-state index is 0.0667. The number of aliphatic hydroxyl groups is 1. The van der Waals surface area contributed by atoms with Gasteiger partial charge in [-0.25, -0.2) is 13.2 Å². The fourth-order valence-electron chi connectivity index (χ4n) is 3.14. The van der Waals surface area contributed by atoms with Crippen molar-refractivity contribution in [2.45, 2.75) is 6.42 Å². The Labute approximate surface area is 184 Å². The van der Waals surface area contributed by atoms with Crippen molar-refractivity contribution < 1.29 is 27.9 Å². The summed E-state index contributed by atoms with van der Waals surface area (Å²) in [5, 5.41) is 13.7. The van der Waals surface area contributed by atoms with Crippen LogP contribution in [0.2, 0.25) is 0 Å². The molecule has 10 heteroatoms. The van der Waals surface area contributed by atoms with Gasteiger partial charge in [-0.2, -0.15) is 0 Å². The first-order chi connectivity index (χ1) is 14.3. The van der Waals surface area contributed by atoms with E-state index in [-0.39, 0.29) is 55.7 Å². The molecule has 0 aliphatic carbocycles. The average Bonchev–Trinajstić information content (AvgIpc) is 2.67. The monoisotopic (exact) mass is 533 g/mol. The Bertz CT molecular complexity index is 968. The summed E-state index contributed by atoms with van der Waals surface area (Å²) in [6.45, 7) is 0.560. The third kappa shape index (κ3) is 5.04. The van der Waals surface area contributed by atoms with Crippen LogP contribution in [0.5, 0.6) is 0 Å². The number of aliphatic hydroxyl groups excluding tert-OH is 1. The third-order valence-electron chi connectivity index (χ3n) is 4.67. The zero-order valence-corrected chi connectivity index (χ0v) is 17.9. The highest BCUT2D eigenvalue weighted by Crippen LogP contribution is 2.31. The van der Waals surface area contributed by atoms with Gasteiger partial charge in [-0.15, -0.1) is 0 Å². The quantitative estimate of drug-likeness (QED) is 0.479. The highest BCUT2D eigenvalue weighted by molar-refractivity contribution is 14.1. The van der Waals surface area contributed by atoms with Crippen molar-refractivity contribution in [3.8, 4) is 0 Å². The van der Waals surface area contributed by atoms with Crippen LogP contribution < -0.4 is 10.6 Å². The zero-order valence-electron chi connectivity index (χ0n) is 15.7. The standard InChI is InChI=1S/C20H19F3IN3O3/c21-14-3-2-13(19(18(14)23)26-16-4-1-12(24)8-15(16)22)20(30)27-9-11(10-27)7-17(29)25-5-6-28/h1-4,8,11,26,28H,5-7,9-10H2,(H,25,29). The molecule has 0 radical (unpaired) electrons. The van der Waals surface area contributed by atoms with Gasteiger partial charge in [0.15, 0.2) is 11.6 Å². The fourth-order valence-corrected chi connectivity index (χ4v) is 3.59. The topological polar surface area (TPSA) is 81.7 Å². The minimum atomic E-state index is -1.28. The Morgan fingerprint density at radius 3 is 2.53 bits per heavy atom. The van der Waals surface area contributed by atoms with E-state index in [0.29, 0.717) is 3.57 Å². The zero-order chi connectivity index (χ0) is 21.8. The van der Waals surface area contributed by atoms with Gasteiger partial charge in [0.2, 0.25) is 5.91 Å². The molecule has 1 saturated heterocycles. The number of rotatable bonds is 7. The van der Waals surface area contributed by atoms with E-state index < -0.39 is 29.0 Å². The first-order valence-electron chi connectivity index (χ1n) is 9.17. The highest BCUT2D eigenvalue weighted by atomic mass is 127. The van der Waals surface area contributed by atoms with E-state index in [1.807, 2.05) is 22.6 Å². The molecule has 1 aliphatic rings. The maximum Gasteiger partial charge on any atom is 0.256 e. The van der Waals surface area contributed by atoms with Crippen molar-refractivity contribution in [3.05, 3.63) is 56.9 Å². The molecule has 0 saturated carbocycles. The van der Waals surface area contributed by atoms with E-state index >= 15 is 0 Å². The van der Waals surface area contributed by atoms with Crippen molar-refractivity contribution in [1.82, 2.24) is 10.2 Å². The Hall–Kier alpha value is -2.34. The van der Waals surface area contributed by atoms with E-state index in [0.717, 1.165) is 12.1 Å². The molecule has 0 aromatic heterocycles. The van der Waals surface area contributed by atoms with Crippen LogP contribution in [0.3, 0.4) is 0 Å². The first-order valence-corrected chi connectivity index (χ1v) is 10.2. The molecule has 3 N–H and O–H groups in total. The Balaban J connectivity index is 1.74. The lowest BCUT2D eigenvalue weighted by Crippen LogP contribution is -2.51. The predicted octanol–water partition coefficient (Wildman–Crippen LogP) is 3.02. The summed E-state index contributed by atoms with van der Waals surface area (Å²) in [5.74, 6) is -3.95. The molecule has 0 atom stereocenters. The smallest absolute Gasteiger partial charge is 0.256 e. The number of nitrogens with zero attached hydrogens (tertiary/aromatic N) is 1. The number of halogens is 4. The minimum Gasteiger partial charge on any atom is -0.395 e. The maximum absolute atomic E-state index is 14.5. The molecule has 3 rings (SSSR count). The molecule has 160 valence electrons. The SMILES string of the molecule is O=C(CC1CN(C(=O)c2ccc(F)c(F)c2Nc2ccc(I)cc2F)C1)NCCO.